The predicted octanol–water partition coefficient (Wildman–Crippen LogP) is 5.99. The minimum atomic E-state index is -1.22. The second kappa shape index (κ2) is 16.3. The molecule has 0 radical (unpaired) electrons. The van der Waals surface area contributed by atoms with Crippen LogP contribution in [0.2, 0.25) is 0 Å². The molecule has 3 saturated heterocycles. The summed E-state index contributed by atoms with van der Waals surface area (Å²) < 4.78 is 61.6. The Bertz CT molecular complexity index is 1260. The molecule has 3 aromatic rings. The predicted molar refractivity (Wildman–Crippen MR) is 177 cm³/mol. The molecular formula is C38H46O10. The zero-order valence-corrected chi connectivity index (χ0v) is 27.9. The summed E-state index contributed by atoms with van der Waals surface area (Å²) in [5.41, 5.74) is 3.00. The van der Waals surface area contributed by atoms with Gasteiger partial charge in [-0.05, 0) is 65.9 Å². The van der Waals surface area contributed by atoms with Crippen LogP contribution in [0.25, 0.3) is 0 Å². The summed E-state index contributed by atoms with van der Waals surface area (Å²) >= 11 is 0. The van der Waals surface area contributed by atoms with Gasteiger partial charge in [-0.1, -0.05) is 42.5 Å². The summed E-state index contributed by atoms with van der Waals surface area (Å²) in [6.45, 7) is 5.91. The van der Waals surface area contributed by atoms with Crippen molar-refractivity contribution in [3.05, 3.63) is 102 Å². The van der Waals surface area contributed by atoms with Crippen LogP contribution in [0.15, 0.2) is 85.5 Å². The van der Waals surface area contributed by atoms with Crippen LogP contribution in [0.4, 0.5) is 0 Å². The highest BCUT2D eigenvalue weighted by atomic mass is 16.9. The van der Waals surface area contributed by atoms with Crippen LogP contribution in [0.3, 0.4) is 0 Å². The van der Waals surface area contributed by atoms with Gasteiger partial charge in [0.1, 0.15) is 53.9 Å². The van der Waals surface area contributed by atoms with Crippen LogP contribution >= 0.6 is 0 Å². The Labute approximate surface area is 282 Å². The van der Waals surface area contributed by atoms with E-state index in [0.29, 0.717) is 39.5 Å². The fraction of sp³-hybridized carbons (Fsp3) is 0.474. The molecule has 4 bridgehead atoms. The molecular weight excluding hydrogens is 616 g/mol. The summed E-state index contributed by atoms with van der Waals surface area (Å²) in [7, 11) is 4.96. The van der Waals surface area contributed by atoms with Crippen molar-refractivity contribution in [3.8, 4) is 17.2 Å². The van der Waals surface area contributed by atoms with Gasteiger partial charge in [-0.25, -0.2) is 0 Å². The lowest BCUT2D eigenvalue weighted by Crippen LogP contribution is -2.79. The Hall–Kier alpha value is -3.48. The third kappa shape index (κ3) is 8.03. The fourth-order valence-corrected chi connectivity index (χ4v) is 6.43. The van der Waals surface area contributed by atoms with Gasteiger partial charge in [0.25, 0.3) is 5.97 Å². The van der Waals surface area contributed by atoms with Gasteiger partial charge in [-0.3, -0.25) is 0 Å². The van der Waals surface area contributed by atoms with Crippen molar-refractivity contribution in [2.75, 3.05) is 34.5 Å². The molecule has 3 aromatic carbocycles. The van der Waals surface area contributed by atoms with E-state index in [4.69, 9.17) is 47.4 Å². The summed E-state index contributed by atoms with van der Waals surface area (Å²) in [5.74, 6) is 1.13. The second-order valence-electron chi connectivity index (χ2n) is 12.1. The first kappa shape index (κ1) is 34.4. The van der Waals surface area contributed by atoms with E-state index in [1.54, 1.807) is 27.4 Å². The number of methoxy groups -OCH3 is 3. The molecule has 7 rings (SSSR count). The molecule has 0 aromatic heterocycles. The van der Waals surface area contributed by atoms with E-state index in [2.05, 4.69) is 6.58 Å². The van der Waals surface area contributed by atoms with E-state index in [9.17, 15) is 0 Å². The van der Waals surface area contributed by atoms with Gasteiger partial charge in [0.2, 0.25) is 0 Å². The quantitative estimate of drug-likeness (QED) is 0.113. The maximum absolute atomic E-state index is 6.69. The largest absolute Gasteiger partial charge is 0.497 e. The molecule has 0 spiro atoms. The molecule has 0 N–H and O–H groups in total. The van der Waals surface area contributed by atoms with E-state index >= 15 is 0 Å². The number of hydrogen-bond donors (Lipinski definition) is 0. The van der Waals surface area contributed by atoms with Crippen LogP contribution in [0.5, 0.6) is 17.2 Å². The highest BCUT2D eigenvalue weighted by Crippen LogP contribution is 2.50. The smallest absolute Gasteiger partial charge is 0.284 e. The molecule has 4 fully saturated rings. The van der Waals surface area contributed by atoms with Crippen molar-refractivity contribution in [1.29, 1.82) is 0 Å². The summed E-state index contributed by atoms with van der Waals surface area (Å²) in [4.78, 5) is 0. The molecule has 3 aliphatic heterocycles. The van der Waals surface area contributed by atoms with Gasteiger partial charge < -0.3 is 47.4 Å². The van der Waals surface area contributed by atoms with Gasteiger partial charge in [-0.2, -0.15) is 0 Å². The maximum Gasteiger partial charge on any atom is 0.284 e. The lowest BCUT2D eigenvalue weighted by Gasteiger charge is -2.63. The minimum Gasteiger partial charge on any atom is -0.497 e. The molecule has 1 saturated carbocycles. The highest BCUT2D eigenvalue weighted by Gasteiger charge is 2.68. The summed E-state index contributed by atoms with van der Waals surface area (Å²) in [6.07, 6.45) is 1.14. The lowest BCUT2D eigenvalue weighted by atomic mass is 9.81. The van der Waals surface area contributed by atoms with Gasteiger partial charge in [0.05, 0.1) is 47.8 Å². The first-order chi connectivity index (χ1) is 23.5. The molecule has 0 atom stereocenters. The van der Waals surface area contributed by atoms with Crippen molar-refractivity contribution in [2.45, 2.75) is 81.7 Å². The Morgan fingerprint density at radius 2 is 0.958 bits per heavy atom. The van der Waals surface area contributed by atoms with Gasteiger partial charge in [0, 0.05) is 13.0 Å². The van der Waals surface area contributed by atoms with Crippen molar-refractivity contribution in [2.24, 2.45) is 0 Å². The van der Waals surface area contributed by atoms with Crippen molar-refractivity contribution in [3.63, 3.8) is 0 Å². The molecule has 48 heavy (non-hydrogen) atoms. The average Bonchev–Trinajstić information content (AvgIpc) is 3.13. The number of benzene rings is 3. The van der Waals surface area contributed by atoms with Crippen LogP contribution < -0.4 is 14.2 Å². The molecule has 0 amide bonds. The van der Waals surface area contributed by atoms with Gasteiger partial charge >= 0.3 is 0 Å². The molecule has 10 nitrogen and oxygen atoms in total. The first-order valence-corrected chi connectivity index (χ1v) is 16.5. The number of rotatable bonds is 19. The van der Waals surface area contributed by atoms with Crippen LogP contribution in [0.1, 0.15) is 36.0 Å². The Morgan fingerprint density at radius 3 is 1.29 bits per heavy atom. The monoisotopic (exact) mass is 662 g/mol. The summed E-state index contributed by atoms with van der Waals surface area (Å²) in [5, 5.41) is 0. The minimum absolute atomic E-state index is 0.351. The molecule has 0 unspecified atom stereocenters. The van der Waals surface area contributed by atoms with Crippen LogP contribution in [-0.2, 0) is 53.0 Å². The molecule has 3 heterocycles. The van der Waals surface area contributed by atoms with E-state index in [1.165, 1.54) is 0 Å². The van der Waals surface area contributed by atoms with Gasteiger partial charge in [-0.15, -0.1) is 6.58 Å². The topological polar surface area (TPSA) is 92.3 Å². The first-order valence-electron chi connectivity index (χ1n) is 16.5. The van der Waals surface area contributed by atoms with Crippen LogP contribution in [0, 0.1) is 0 Å². The normalized spacial score (nSPS) is 27.1. The molecule has 4 aliphatic rings. The van der Waals surface area contributed by atoms with E-state index in [0.717, 1.165) is 46.8 Å². The fourth-order valence-electron chi connectivity index (χ4n) is 6.43. The van der Waals surface area contributed by atoms with Crippen molar-refractivity contribution >= 4 is 0 Å². The van der Waals surface area contributed by atoms with E-state index in [1.807, 2.05) is 72.8 Å². The van der Waals surface area contributed by atoms with Crippen molar-refractivity contribution < 1.29 is 47.4 Å². The Kier molecular flexibility index (Phi) is 11.7. The summed E-state index contributed by atoms with van der Waals surface area (Å²) in [6, 6.07) is 23.5. The van der Waals surface area contributed by atoms with E-state index in [-0.39, 0.29) is 0 Å². The van der Waals surface area contributed by atoms with Gasteiger partial charge in [0.15, 0.2) is 0 Å². The molecule has 1 aliphatic carbocycles. The zero-order chi connectivity index (χ0) is 33.3. The number of hydrogen-bond acceptors (Lipinski definition) is 10. The third-order valence-electron chi connectivity index (χ3n) is 8.95. The Morgan fingerprint density at radius 1 is 0.583 bits per heavy atom. The van der Waals surface area contributed by atoms with Crippen molar-refractivity contribution in [1.82, 2.24) is 0 Å². The molecule has 10 heteroatoms. The highest BCUT2D eigenvalue weighted by molar-refractivity contribution is 5.28. The SMILES string of the molecule is C=CCOCCCCC12OC3C(OCc4ccc(OC)cc4)C(O1)C(OCc1ccc(OC)cc1)C(O2)C3OCc1ccc(OC)cc1. The molecule has 258 valence electrons. The maximum atomic E-state index is 6.69. The number of ether oxygens (including phenoxy) is 10. The third-order valence-corrected chi connectivity index (χ3v) is 8.95. The lowest BCUT2D eigenvalue weighted by molar-refractivity contribution is -0.545. The zero-order valence-electron chi connectivity index (χ0n) is 27.9. The van der Waals surface area contributed by atoms with Crippen LogP contribution in [-0.4, -0.2) is 77.1 Å². The number of unbranched alkanes of at least 4 members (excludes halogenated alkanes) is 1. The average molecular weight is 663 g/mol. The second-order valence-corrected chi connectivity index (χ2v) is 12.1. The van der Waals surface area contributed by atoms with E-state index < -0.39 is 42.6 Å². The Balaban J connectivity index is 1.24. The standard InChI is InChI=1S/C38H46O10/c1-5-21-42-22-7-6-20-38-46-35-32(43-23-26-8-14-29(39-2)15-9-26)36(47-38)34(45-25-28-12-18-31(41-4)19-13-28)37(48-38)33(35)44-24-27-10-16-30(40-3)17-11-27/h5,8-19,32-37H,1,6-7,20-25H2,2-4H3.